The number of nitrogens with one attached hydrogen (secondary N) is 2. The van der Waals surface area contributed by atoms with E-state index in [0.29, 0.717) is 17.0 Å². The number of halogens is 1. The molecule has 0 bridgehead atoms. The van der Waals surface area contributed by atoms with E-state index in [0.717, 1.165) is 22.0 Å². The first-order valence-corrected chi connectivity index (χ1v) is 10.2. The number of para-hydroxylation sites is 1. The molecule has 0 spiro atoms. The number of aromatic nitrogens is 1. The maximum Gasteiger partial charge on any atom is 0.253 e. The van der Waals surface area contributed by atoms with Gasteiger partial charge >= 0.3 is 0 Å². The van der Waals surface area contributed by atoms with Crippen molar-refractivity contribution in [1.29, 1.82) is 0 Å². The molecule has 5 heteroatoms. The van der Waals surface area contributed by atoms with Crippen molar-refractivity contribution in [2.75, 3.05) is 0 Å². The number of amides is 1. The lowest BCUT2D eigenvalue weighted by Crippen LogP contribution is -2.43. The second-order valence-electron chi connectivity index (χ2n) is 7.20. The molecular formula is C25H21ClN2O2. The summed E-state index contributed by atoms with van der Waals surface area (Å²) in [6.07, 6.45) is 2.49. The second kappa shape index (κ2) is 8.97. The number of hydrogen-bond donors (Lipinski definition) is 2. The predicted octanol–water partition coefficient (Wildman–Crippen LogP) is 4.97. The van der Waals surface area contributed by atoms with Gasteiger partial charge in [0.25, 0.3) is 5.91 Å². The van der Waals surface area contributed by atoms with E-state index in [-0.39, 0.29) is 18.1 Å². The number of rotatable bonds is 7. The zero-order valence-electron chi connectivity index (χ0n) is 16.3. The Morgan fingerprint density at radius 3 is 2.47 bits per heavy atom. The minimum atomic E-state index is -0.665. The van der Waals surface area contributed by atoms with Crippen molar-refractivity contribution in [3.63, 3.8) is 0 Å². The van der Waals surface area contributed by atoms with Crippen molar-refractivity contribution in [2.24, 2.45) is 0 Å². The molecule has 4 aromatic rings. The molecule has 0 radical (unpaired) electrons. The lowest BCUT2D eigenvalue weighted by Gasteiger charge is -2.19. The Morgan fingerprint density at radius 2 is 1.67 bits per heavy atom. The smallest absolute Gasteiger partial charge is 0.253 e. The summed E-state index contributed by atoms with van der Waals surface area (Å²) in [5, 5.41) is 4.32. The molecule has 150 valence electrons. The number of ketones is 1. The molecule has 1 heterocycles. The molecule has 1 unspecified atom stereocenters. The number of H-pyrrole nitrogens is 1. The van der Waals surface area contributed by atoms with Crippen LogP contribution < -0.4 is 5.32 Å². The SMILES string of the molecule is O=C(NC(Cc1ccccc1)C(=O)Cc1cccc2cc[nH]c12)c1ccccc1Cl. The van der Waals surface area contributed by atoms with Crippen LogP contribution in [-0.2, 0) is 17.6 Å². The Balaban J connectivity index is 1.59. The third kappa shape index (κ3) is 4.44. The van der Waals surface area contributed by atoms with Crippen LogP contribution in [0.15, 0.2) is 85.1 Å². The third-order valence-corrected chi connectivity index (χ3v) is 5.46. The summed E-state index contributed by atoms with van der Waals surface area (Å²) in [6, 6.07) is 23.7. The van der Waals surface area contributed by atoms with Gasteiger partial charge < -0.3 is 10.3 Å². The van der Waals surface area contributed by atoms with Crippen molar-refractivity contribution in [1.82, 2.24) is 10.3 Å². The minimum Gasteiger partial charge on any atom is -0.361 e. The molecule has 4 nitrogen and oxygen atoms in total. The van der Waals surface area contributed by atoms with Crippen LogP contribution in [-0.4, -0.2) is 22.7 Å². The van der Waals surface area contributed by atoms with Crippen LogP contribution in [0.2, 0.25) is 5.02 Å². The molecule has 30 heavy (non-hydrogen) atoms. The predicted molar refractivity (Wildman–Crippen MR) is 120 cm³/mol. The van der Waals surface area contributed by atoms with Crippen molar-refractivity contribution in [2.45, 2.75) is 18.9 Å². The highest BCUT2D eigenvalue weighted by Gasteiger charge is 2.23. The molecule has 2 N–H and O–H groups in total. The van der Waals surface area contributed by atoms with Crippen LogP contribution in [0, 0.1) is 0 Å². The van der Waals surface area contributed by atoms with E-state index >= 15 is 0 Å². The number of carbonyl (C=O) groups excluding carboxylic acids is 2. The third-order valence-electron chi connectivity index (χ3n) is 5.13. The van der Waals surface area contributed by atoms with Gasteiger partial charge in [0.15, 0.2) is 5.78 Å². The summed E-state index contributed by atoms with van der Waals surface area (Å²) in [7, 11) is 0. The normalized spacial score (nSPS) is 11.9. The molecule has 3 aromatic carbocycles. The van der Waals surface area contributed by atoms with Crippen LogP contribution in [0.25, 0.3) is 10.9 Å². The highest BCUT2D eigenvalue weighted by atomic mass is 35.5. The molecule has 0 fully saturated rings. The standard InChI is InChI=1S/C25H21ClN2O2/c26-21-12-5-4-11-20(21)25(30)28-22(15-17-7-2-1-3-8-17)23(29)16-19-10-6-9-18-13-14-27-24(18)19/h1-14,22,27H,15-16H2,(H,28,30). The summed E-state index contributed by atoms with van der Waals surface area (Å²) >= 11 is 6.18. The van der Waals surface area contributed by atoms with Gasteiger partial charge in [-0.25, -0.2) is 0 Å². The van der Waals surface area contributed by atoms with Crippen LogP contribution in [0.5, 0.6) is 0 Å². The molecule has 0 saturated carbocycles. The van der Waals surface area contributed by atoms with E-state index in [1.165, 1.54) is 0 Å². The van der Waals surface area contributed by atoms with Crippen LogP contribution in [0.3, 0.4) is 0 Å². The number of hydrogen-bond acceptors (Lipinski definition) is 2. The van der Waals surface area contributed by atoms with Gasteiger partial charge in [-0.1, -0.05) is 72.3 Å². The van der Waals surface area contributed by atoms with Gasteiger partial charge in [-0.15, -0.1) is 0 Å². The summed E-state index contributed by atoms with van der Waals surface area (Å²) in [6.45, 7) is 0. The highest BCUT2D eigenvalue weighted by Crippen LogP contribution is 2.19. The number of Topliss-reactive ketones (excluding diaryl/α,β-unsaturated/α-hetero) is 1. The van der Waals surface area contributed by atoms with E-state index < -0.39 is 6.04 Å². The molecule has 1 aromatic heterocycles. The lowest BCUT2D eigenvalue weighted by molar-refractivity contribution is -0.120. The largest absolute Gasteiger partial charge is 0.361 e. The molecule has 0 saturated heterocycles. The van der Waals surface area contributed by atoms with Gasteiger partial charge in [-0.05, 0) is 41.1 Å². The topological polar surface area (TPSA) is 62.0 Å². The van der Waals surface area contributed by atoms with Gasteiger partial charge in [-0.3, -0.25) is 9.59 Å². The summed E-state index contributed by atoms with van der Waals surface area (Å²) in [5.74, 6) is -0.408. The Morgan fingerprint density at radius 1 is 0.900 bits per heavy atom. The Labute approximate surface area is 179 Å². The van der Waals surface area contributed by atoms with E-state index in [4.69, 9.17) is 11.6 Å². The minimum absolute atomic E-state index is 0.0543. The maximum atomic E-state index is 13.3. The summed E-state index contributed by atoms with van der Waals surface area (Å²) in [5.41, 5.74) is 3.19. The first-order chi connectivity index (χ1) is 14.6. The molecule has 0 aliphatic carbocycles. The maximum absolute atomic E-state index is 13.3. The van der Waals surface area contributed by atoms with Gasteiger partial charge in [0.1, 0.15) is 0 Å². The average Bonchev–Trinajstić information content (AvgIpc) is 3.24. The van der Waals surface area contributed by atoms with Crippen LogP contribution in [0.4, 0.5) is 0 Å². The first kappa shape index (κ1) is 19.9. The van der Waals surface area contributed by atoms with Gasteiger partial charge in [0.2, 0.25) is 0 Å². The molecular weight excluding hydrogens is 396 g/mol. The Kier molecular flexibility index (Phi) is 5.96. The van der Waals surface area contributed by atoms with Gasteiger partial charge in [0, 0.05) is 18.1 Å². The Bertz CT molecular complexity index is 1180. The van der Waals surface area contributed by atoms with E-state index in [1.807, 2.05) is 60.8 Å². The average molecular weight is 417 g/mol. The molecule has 0 aliphatic rings. The fraction of sp³-hybridized carbons (Fsp3) is 0.120. The zero-order valence-corrected chi connectivity index (χ0v) is 17.0. The summed E-state index contributed by atoms with van der Waals surface area (Å²) in [4.78, 5) is 29.3. The fourth-order valence-corrected chi connectivity index (χ4v) is 3.81. The molecule has 1 amide bonds. The number of fused-ring (bicyclic) bond motifs is 1. The number of benzene rings is 3. The van der Waals surface area contributed by atoms with Gasteiger partial charge in [-0.2, -0.15) is 0 Å². The van der Waals surface area contributed by atoms with Crippen molar-refractivity contribution >= 4 is 34.2 Å². The molecule has 4 rings (SSSR count). The fourth-order valence-electron chi connectivity index (χ4n) is 3.58. The van der Waals surface area contributed by atoms with Crippen LogP contribution in [0.1, 0.15) is 21.5 Å². The van der Waals surface area contributed by atoms with Crippen LogP contribution >= 0.6 is 11.6 Å². The zero-order chi connectivity index (χ0) is 20.9. The van der Waals surface area contributed by atoms with Crippen molar-refractivity contribution < 1.29 is 9.59 Å². The Hall–Kier alpha value is -3.37. The monoisotopic (exact) mass is 416 g/mol. The highest BCUT2D eigenvalue weighted by molar-refractivity contribution is 6.33. The van der Waals surface area contributed by atoms with Crippen molar-refractivity contribution in [3.05, 3.63) is 107 Å². The number of carbonyl (C=O) groups is 2. The summed E-state index contributed by atoms with van der Waals surface area (Å²) < 4.78 is 0. The first-order valence-electron chi connectivity index (χ1n) is 9.79. The molecule has 0 aliphatic heterocycles. The second-order valence-corrected chi connectivity index (χ2v) is 7.60. The van der Waals surface area contributed by atoms with E-state index in [2.05, 4.69) is 10.3 Å². The van der Waals surface area contributed by atoms with E-state index in [1.54, 1.807) is 24.3 Å². The molecule has 1 atom stereocenters. The lowest BCUT2D eigenvalue weighted by atomic mass is 9.96. The van der Waals surface area contributed by atoms with E-state index in [9.17, 15) is 9.59 Å². The van der Waals surface area contributed by atoms with Gasteiger partial charge in [0.05, 0.1) is 16.6 Å². The van der Waals surface area contributed by atoms with Crippen molar-refractivity contribution in [3.8, 4) is 0 Å². The number of aromatic amines is 1. The quantitative estimate of drug-likeness (QED) is 0.446.